The zero-order chi connectivity index (χ0) is 27.6. The Kier molecular flexibility index (Phi) is 11.4. The van der Waals surface area contributed by atoms with Crippen molar-refractivity contribution in [1.82, 2.24) is 10.2 Å². The summed E-state index contributed by atoms with van der Waals surface area (Å²) in [4.78, 5) is 27.8. The number of ether oxygens (including phenoxy) is 1. The minimum Gasteiger partial charge on any atom is -0.497 e. The van der Waals surface area contributed by atoms with Crippen LogP contribution < -0.4 is 14.4 Å². The molecule has 1 unspecified atom stereocenters. The van der Waals surface area contributed by atoms with E-state index in [9.17, 15) is 18.0 Å². The Morgan fingerprint density at radius 1 is 1.05 bits per heavy atom. The Bertz CT molecular complexity index is 1150. The maximum absolute atomic E-state index is 13.4. The molecule has 1 atom stereocenters. The first-order valence-corrected chi connectivity index (χ1v) is 14.6. The zero-order valence-electron chi connectivity index (χ0n) is 22.9. The van der Waals surface area contributed by atoms with Crippen LogP contribution in [-0.4, -0.2) is 57.6 Å². The molecule has 0 saturated carbocycles. The Morgan fingerprint density at radius 2 is 1.73 bits per heavy atom. The largest absolute Gasteiger partial charge is 0.497 e. The van der Waals surface area contributed by atoms with Crippen LogP contribution in [0.25, 0.3) is 0 Å². The highest BCUT2D eigenvalue weighted by Gasteiger charge is 2.27. The number of sulfonamides is 1. The lowest BCUT2D eigenvalue weighted by atomic mass is 10.1. The minimum atomic E-state index is -3.54. The number of benzene rings is 2. The van der Waals surface area contributed by atoms with Gasteiger partial charge in [0, 0.05) is 26.1 Å². The number of aryl methyl sites for hydroxylation is 1. The van der Waals surface area contributed by atoms with Gasteiger partial charge in [-0.25, -0.2) is 8.42 Å². The van der Waals surface area contributed by atoms with Crippen LogP contribution in [0.3, 0.4) is 0 Å². The lowest BCUT2D eigenvalue weighted by molar-refractivity contribution is -0.140. The number of anilines is 1. The second-order valence-electron chi connectivity index (χ2n) is 9.35. The summed E-state index contributed by atoms with van der Waals surface area (Å²) in [7, 11) is -1.95. The van der Waals surface area contributed by atoms with Gasteiger partial charge in [0.1, 0.15) is 11.8 Å². The number of nitrogens with zero attached hydrogens (tertiary/aromatic N) is 2. The highest BCUT2D eigenvalue weighted by Crippen LogP contribution is 2.25. The monoisotopic (exact) mass is 531 g/mol. The van der Waals surface area contributed by atoms with Crippen LogP contribution in [0.15, 0.2) is 42.5 Å². The van der Waals surface area contributed by atoms with Crippen molar-refractivity contribution >= 4 is 27.5 Å². The van der Waals surface area contributed by atoms with E-state index in [2.05, 4.69) is 5.32 Å². The number of nitrogens with one attached hydrogen (secondary N) is 1. The molecule has 2 aromatic rings. The van der Waals surface area contributed by atoms with Crippen LogP contribution in [-0.2, 0) is 26.2 Å². The molecular weight excluding hydrogens is 490 g/mol. The zero-order valence-corrected chi connectivity index (χ0v) is 23.7. The molecule has 2 rings (SSSR count). The minimum absolute atomic E-state index is 0.111. The van der Waals surface area contributed by atoms with Gasteiger partial charge in [-0.05, 0) is 68.5 Å². The van der Waals surface area contributed by atoms with Gasteiger partial charge in [0.05, 0.1) is 19.1 Å². The lowest BCUT2D eigenvalue weighted by Gasteiger charge is -2.30. The molecule has 0 aliphatic rings. The fourth-order valence-corrected chi connectivity index (χ4v) is 5.05. The molecule has 2 aromatic carbocycles. The summed E-state index contributed by atoms with van der Waals surface area (Å²) in [6.07, 6.45) is 3.43. The van der Waals surface area contributed by atoms with Crippen LogP contribution in [0.2, 0.25) is 0 Å². The molecule has 0 heterocycles. The third-order valence-electron chi connectivity index (χ3n) is 6.51. The van der Waals surface area contributed by atoms with Crippen molar-refractivity contribution in [3.63, 3.8) is 0 Å². The van der Waals surface area contributed by atoms with Crippen LogP contribution in [0.5, 0.6) is 5.75 Å². The molecule has 8 nitrogen and oxygen atoms in total. The molecule has 0 bridgehead atoms. The molecule has 0 fully saturated rings. The third-order valence-corrected chi connectivity index (χ3v) is 7.69. The number of carbonyl (C=O) groups is 2. The molecule has 204 valence electrons. The number of unbranched alkanes of at least 4 members (excludes halogenated alkanes) is 1. The molecular formula is C28H41N3O5S. The number of rotatable bonds is 14. The first-order chi connectivity index (χ1) is 17.5. The standard InChI is InChI=1S/C28H41N3O5S/c1-7-8-18-29-28(33)23(4)30(20-24-14-16-25(36-5)17-15-24)27(32)13-10-19-31(37(6,34)35)26-12-9-11-21(2)22(26)3/h9,11-12,14-17,23H,7-8,10,13,18-20H2,1-6H3,(H,29,33). The topological polar surface area (TPSA) is 96.0 Å². The summed E-state index contributed by atoms with van der Waals surface area (Å²) in [6.45, 7) is 8.59. The highest BCUT2D eigenvalue weighted by atomic mass is 32.2. The van der Waals surface area contributed by atoms with E-state index in [1.54, 1.807) is 25.0 Å². The SMILES string of the molecule is CCCCNC(=O)C(C)N(Cc1ccc(OC)cc1)C(=O)CCCN(c1cccc(C)c1C)S(C)(=O)=O. The van der Waals surface area contributed by atoms with Gasteiger partial charge in [-0.15, -0.1) is 0 Å². The van der Waals surface area contributed by atoms with Gasteiger partial charge in [-0.3, -0.25) is 13.9 Å². The van der Waals surface area contributed by atoms with Crippen molar-refractivity contribution in [3.8, 4) is 5.75 Å². The van der Waals surface area contributed by atoms with E-state index in [0.717, 1.165) is 29.5 Å². The summed E-state index contributed by atoms with van der Waals surface area (Å²) < 4.78 is 31.8. The number of methoxy groups -OCH3 is 1. The predicted octanol–water partition coefficient (Wildman–Crippen LogP) is 4.19. The van der Waals surface area contributed by atoms with Crippen LogP contribution in [0, 0.1) is 13.8 Å². The molecule has 2 amide bonds. The normalized spacial score (nSPS) is 12.1. The molecule has 0 radical (unpaired) electrons. The van der Waals surface area contributed by atoms with E-state index in [1.807, 2.05) is 57.2 Å². The van der Waals surface area contributed by atoms with Gasteiger partial charge in [0.25, 0.3) is 0 Å². The summed E-state index contributed by atoms with van der Waals surface area (Å²) in [5, 5.41) is 2.91. The summed E-state index contributed by atoms with van der Waals surface area (Å²) in [6, 6.07) is 12.2. The quantitative estimate of drug-likeness (QED) is 0.369. The first-order valence-electron chi connectivity index (χ1n) is 12.7. The van der Waals surface area contributed by atoms with Gasteiger partial charge >= 0.3 is 0 Å². The van der Waals surface area contributed by atoms with Gasteiger partial charge in [-0.1, -0.05) is 37.6 Å². The Balaban J connectivity index is 2.18. The van der Waals surface area contributed by atoms with Crippen molar-refractivity contribution < 1.29 is 22.7 Å². The molecule has 0 aliphatic heterocycles. The summed E-state index contributed by atoms with van der Waals surface area (Å²) >= 11 is 0. The number of hydrogen-bond donors (Lipinski definition) is 1. The van der Waals surface area contributed by atoms with E-state index in [4.69, 9.17) is 4.74 Å². The molecule has 0 aromatic heterocycles. The van der Waals surface area contributed by atoms with E-state index in [0.29, 0.717) is 24.4 Å². The first kappa shape index (κ1) is 30.2. The predicted molar refractivity (Wildman–Crippen MR) is 148 cm³/mol. The van der Waals surface area contributed by atoms with Crippen LogP contribution in [0.1, 0.15) is 56.2 Å². The van der Waals surface area contributed by atoms with Crippen LogP contribution in [0.4, 0.5) is 5.69 Å². The average Bonchev–Trinajstić information content (AvgIpc) is 2.86. The number of carbonyl (C=O) groups excluding carboxylic acids is 2. The molecule has 0 aliphatic carbocycles. The van der Waals surface area contributed by atoms with Crippen molar-refractivity contribution in [2.75, 3.05) is 30.8 Å². The Morgan fingerprint density at radius 3 is 2.32 bits per heavy atom. The Labute approximate surface area is 222 Å². The molecule has 37 heavy (non-hydrogen) atoms. The average molecular weight is 532 g/mol. The lowest BCUT2D eigenvalue weighted by Crippen LogP contribution is -2.48. The maximum Gasteiger partial charge on any atom is 0.242 e. The second kappa shape index (κ2) is 14.0. The summed E-state index contributed by atoms with van der Waals surface area (Å²) in [5.41, 5.74) is 3.37. The number of amides is 2. The van der Waals surface area contributed by atoms with Gasteiger partial charge in [-0.2, -0.15) is 0 Å². The van der Waals surface area contributed by atoms with Crippen LogP contribution >= 0.6 is 0 Å². The Hall–Kier alpha value is -3.07. The maximum atomic E-state index is 13.4. The second-order valence-corrected chi connectivity index (χ2v) is 11.3. The summed E-state index contributed by atoms with van der Waals surface area (Å²) in [5.74, 6) is 0.297. The van der Waals surface area contributed by atoms with Crippen molar-refractivity contribution in [3.05, 3.63) is 59.2 Å². The van der Waals surface area contributed by atoms with E-state index in [-0.39, 0.29) is 31.3 Å². The molecule has 1 N–H and O–H groups in total. The third kappa shape index (κ3) is 8.77. The van der Waals surface area contributed by atoms with Crippen molar-refractivity contribution in [2.24, 2.45) is 0 Å². The van der Waals surface area contributed by atoms with E-state index in [1.165, 1.54) is 10.6 Å². The smallest absolute Gasteiger partial charge is 0.242 e. The van der Waals surface area contributed by atoms with E-state index >= 15 is 0 Å². The van der Waals surface area contributed by atoms with E-state index < -0.39 is 16.1 Å². The molecule has 0 spiro atoms. The molecule has 0 saturated heterocycles. The fourth-order valence-electron chi connectivity index (χ4n) is 4.03. The van der Waals surface area contributed by atoms with Gasteiger partial charge in [0.2, 0.25) is 21.8 Å². The van der Waals surface area contributed by atoms with Gasteiger partial charge < -0.3 is 15.0 Å². The number of hydrogen-bond acceptors (Lipinski definition) is 5. The van der Waals surface area contributed by atoms with Crippen molar-refractivity contribution in [1.29, 1.82) is 0 Å². The fraction of sp³-hybridized carbons (Fsp3) is 0.500. The highest BCUT2D eigenvalue weighted by molar-refractivity contribution is 7.92. The van der Waals surface area contributed by atoms with Gasteiger partial charge in [0.15, 0.2) is 0 Å². The van der Waals surface area contributed by atoms with Crippen molar-refractivity contribution in [2.45, 2.75) is 66.0 Å². The molecule has 9 heteroatoms.